The summed E-state index contributed by atoms with van der Waals surface area (Å²) in [4.78, 5) is 24.5. The zero-order chi connectivity index (χ0) is 18.9. The van der Waals surface area contributed by atoms with Crippen LogP contribution in [0.25, 0.3) is 0 Å². The van der Waals surface area contributed by atoms with Crippen LogP contribution >= 0.6 is 11.6 Å². The number of aryl methyl sites for hydroxylation is 1. The molecule has 0 heterocycles. The van der Waals surface area contributed by atoms with E-state index in [4.69, 9.17) is 21.1 Å². The van der Waals surface area contributed by atoms with E-state index in [9.17, 15) is 9.59 Å². The summed E-state index contributed by atoms with van der Waals surface area (Å²) in [5, 5.41) is 0.353. The largest absolute Gasteiger partial charge is 0.462 e. The van der Waals surface area contributed by atoms with Crippen molar-refractivity contribution in [2.75, 3.05) is 6.61 Å². The fraction of sp³-hybridized carbons (Fsp3) is 0.333. The van der Waals surface area contributed by atoms with Gasteiger partial charge in [0.15, 0.2) is 0 Å². The second-order valence-electron chi connectivity index (χ2n) is 6.10. The quantitative estimate of drug-likeness (QED) is 0.342. The minimum absolute atomic E-state index is 0.267. The Morgan fingerprint density at radius 2 is 1.69 bits per heavy atom. The van der Waals surface area contributed by atoms with Crippen molar-refractivity contribution in [2.24, 2.45) is 0 Å². The lowest BCUT2D eigenvalue weighted by molar-refractivity contribution is 0.0498. The molecule has 0 bridgehead atoms. The SMILES string of the molecule is CCCCCCOC(=O)c1cccc(C(=O)Oc2cc(C)ccc2Cl)c1. The third-order valence-electron chi connectivity index (χ3n) is 3.85. The summed E-state index contributed by atoms with van der Waals surface area (Å²) in [6, 6.07) is 11.5. The zero-order valence-electron chi connectivity index (χ0n) is 15.1. The summed E-state index contributed by atoms with van der Waals surface area (Å²) in [6.45, 7) is 4.39. The lowest BCUT2D eigenvalue weighted by Gasteiger charge is -2.08. The van der Waals surface area contributed by atoms with Crippen LogP contribution < -0.4 is 4.74 Å². The second kappa shape index (κ2) is 9.97. The minimum atomic E-state index is -0.574. The van der Waals surface area contributed by atoms with Crippen LogP contribution in [0.2, 0.25) is 5.02 Å². The topological polar surface area (TPSA) is 52.6 Å². The Kier molecular flexibility index (Phi) is 7.67. The normalized spacial score (nSPS) is 10.4. The third kappa shape index (κ3) is 5.88. The van der Waals surface area contributed by atoms with Crippen LogP contribution in [0.5, 0.6) is 5.75 Å². The van der Waals surface area contributed by atoms with E-state index in [0.717, 1.165) is 31.2 Å². The van der Waals surface area contributed by atoms with Crippen LogP contribution in [0.15, 0.2) is 42.5 Å². The molecule has 0 atom stereocenters. The minimum Gasteiger partial charge on any atom is -0.462 e. The molecule has 4 nitrogen and oxygen atoms in total. The van der Waals surface area contributed by atoms with Crippen molar-refractivity contribution in [3.05, 3.63) is 64.2 Å². The molecule has 0 aliphatic carbocycles. The van der Waals surface area contributed by atoms with Crippen LogP contribution in [0, 0.1) is 6.92 Å². The van der Waals surface area contributed by atoms with E-state index in [1.54, 1.807) is 30.3 Å². The van der Waals surface area contributed by atoms with Crippen LogP contribution in [-0.2, 0) is 4.74 Å². The van der Waals surface area contributed by atoms with Gasteiger partial charge in [-0.2, -0.15) is 0 Å². The van der Waals surface area contributed by atoms with Gasteiger partial charge in [0, 0.05) is 0 Å². The van der Waals surface area contributed by atoms with Gasteiger partial charge in [-0.05, 0) is 49.2 Å². The highest BCUT2D eigenvalue weighted by Crippen LogP contribution is 2.26. The summed E-state index contributed by atoms with van der Waals surface area (Å²) >= 11 is 6.05. The van der Waals surface area contributed by atoms with Gasteiger partial charge in [0.25, 0.3) is 0 Å². The van der Waals surface area contributed by atoms with Gasteiger partial charge in [0.05, 0.1) is 22.8 Å². The van der Waals surface area contributed by atoms with Gasteiger partial charge in [-0.25, -0.2) is 9.59 Å². The maximum absolute atomic E-state index is 12.4. The standard InChI is InChI=1S/C21H23ClO4/c1-3-4-5-6-12-25-20(23)16-8-7-9-17(14-16)21(24)26-19-13-15(2)10-11-18(19)22/h7-11,13-14H,3-6,12H2,1-2H3. The van der Waals surface area contributed by atoms with E-state index in [2.05, 4.69) is 6.92 Å². The first-order valence-corrected chi connectivity index (χ1v) is 9.14. The summed E-state index contributed by atoms with van der Waals surface area (Å²) in [5.74, 6) is -0.722. The fourth-order valence-electron chi connectivity index (χ4n) is 2.40. The van der Waals surface area contributed by atoms with Gasteiger partial charge < -0.3 is 9.47 Å². The maximum Gasteiger partial charge on any atom is 0.343 e. The molecule has 26 heavy (non-hydrogen) atoms. The van der Waals surface area contributed by atoms with Gasteiger partial charge in [-0.15, -0.1) is 0 Å². The molecule has 0 N–H and O–H groups in total. The Balaban J connectivity index is 2.00. The number of rotatable bonds is 8. The summed E-state index contributed by atoms with van der Waals surface area (Å²) in [5.41, 5.74) is 1.52. The number of benzene rings is 2. The summed E-state index contributed by atoms with van der Waals surface area (Å²) in [6.07, 6.45) is 4.13. The van der Waals surface area contributed by atoms with Crippen molar-refractivity contribution in [1.29, 1.82) is 0 Å². The van der Waals surface area contributed by atoms with Crippen LogP contribution in [0.1, 0.15) is 58.9 Å². The molecule has 0 saturated heterocycles. The number of esters is 2. The Morgan fingerprint density at radius 3 is 2.42 bits per heavy atom. The van der Waals surface area contributed by atoms with E-state index in [-0.39, 0.29) is 5.56 Å². The molecule has 2 rings (SSSR count). The van der Waals surface area contributed by atoms with Gasteiger partial charge in [0.1, 0.15) is 5.75 Å². The van der Waals surface area contributed by atoms with E-state index < -0.39 is 11.9 Å². The van der Waals surface area contributed by atoms with Crippen molar-refractivity contribution in [3.8, 4) is 5.75 Å². The zero-order valence-corrected chi connectivity index (χ0v) is 15.8. The highest BCUT2D eigenvalue weighted by molar-refractivity contribution is 6.32. The van der Waals surface area contributed by atoms with E-state index in [1.807, 2.05) is 13.0 Å². The lowest BCUT2D eigenvalue weighted by atomic mass is 10.1. The van der Waals surface area contributed by atoms with Crippen LogP contribution in [-0.4, -0.2) is 18.5 Å². The molecule has 5 heteroatoms. The van der Waals surface area contributed by atoms with E-state index in [0.29, 0.717) is 22.9 Å². The van der Waals surface area contributed by atoms with E-state index >= 15 is 0 Å². The van der Waals surface area contributed by atoms with Crippen molar-refractivity contribution < 1.29 is 19.1 Å². The molecule has 0 fully saturated rings. The molecular weight excluding hydrogens is 352 g/mol. The first kappa shape index (κ1) is 20.0. The average Bonchev–Trinajstić information content (AvgIpc) is 2.64. The monoisotopic (exact) mass is 374 g/mol. The molecule has 0 aliphatic rings. The molecule has 0 aliphatic heterocycles. The van der Waals surface area contributed by atoms with E-state index in [1.165, 1.54) is 6.07 Å². The Morgan fingerprint density at radius 1 is 0.962 bits per heavy atom. The number of ether oxygens (including phenoxy) is 2. The number of carbonyl (C=O) groups excluding carboxylic acids is 2. The Bertz CT molecular complexity index is 770. The van der Waals surface area contributed by atoms with Crippen LogP contribution in [0.3, 0.4) is 0 Å². The van der Waals surface area contributed by atoms with Crippen LogP contribution in [0.4, 0.5) is 0 Å². The molecule has 2 aromatic rings. The fourth-order valence-corrected chi connectivity index (χ4v) is 2.55. The number of hydrogen-bond acceptors (Lipinski definition) is 4. The van der Waals surface area contributed by atoms with Gasteiger partial charge in [-0.1, -0.05) is 49.9 Å². The third-order valence-corrected chi connectivity index (χ3v) is 4.17. The lowest BCUT2D eigenvalue weighted by Crippen LogP contribution is -2.11. The van der Waals surface area contributed by atoms with Gasteiger partial charge in [-0.3, -0.25) is 0 Å². The predicted molar refractivity (Wildman–Crippen MR) is 102 cm³/mol. The van der Waals surface area contributed by atoms with Gasteiger partial charge >= 0.3 is 11.9 Å². The molecule has 0 spiro atoms. The molecule has 2 aromatic carbocycles. The molecule has 138 valence electrons. The van der Waals surface area contributed by atoms with Crippen molar-refractivity contribution in [1.82, 2.24) is 0 Å². The molecule has 0 aromatic heterocycles. The van der Waals surface area contributed by atoms with Gasteiger partial charge in [0.2, 0.25) is 0 Å². The maximum atomic E-state index is 12.4. The Labute approximate surface area is 159 Å². The molecule has 0 radical (unpaired) electrons. The molecule has 0 amide bonds. The number of halogens is 1. The summed E-state index contributed by atoms with van der Waals surface area (Å²) in [7, 11) is 0. The first-order chi connectivity index (χ1) is 12.5. The predicted octanol–water partition coefficient (Wildman–Crippen LogP) is 5.60. The highest BCUT2D eigenvalue weighted by Gasteiger charge is 2.14. The average molecular weight is 375 g/mol. The molecule has 0 unspecified atom stereocenters. The number of hydrogen-bond donors (Lipinski definition) is 0. The number of unbranched alkanes of at least 4 members (excludes halogenated alkanes) is 3. The molecule has 0 saturated carbocycles. The highest BCUT2D eigenvalue weighted by atomic mass is 35.5. The van der Waals surface area contributed by atoms with Crippen molar-refractivity contribution in [2.45, 2.75) is 39.5 Å². The smallest absolute Gasteiger partial charge is 0.343 e. The number of carbonyl (C=O) groups is 2. The summed E-state index contributed by atoms with van der Waals surface area (Å²) < 4.78 is 10.6. The second-order valence-corrected chi connectivity index (χ2v) is 6.51. The first-order valence-electron chi connectivity index (χ1n) is 8.76. The van der Waals surface area contributed by atoms with Crippen molar-refractivity contribution >= 4 is 23.5 Å². The Hall–Kier alpha value is -2.33. The van der Waals surface area contributed by atoms with Crippen molar-refractivity contribution in [3.63, 3.8) is 0 Å². The molecular formula is C21H23ClO4.